The van der Waals surface area contributed by atoms with E-state index in [4.69, 9.17) is 5.10 Å². The van der Waals surface area contributed by atoms with Gasteiger partial charge in [0.05, 0.1) is 17.9 Å². The Kier molecular flexibility index (Phi) is 5.68. The van der Waals surface area contributed by atoms with Crippen molar-refractivity contribution < 1.29 is 0 Å². The second-order valence-corrected chi connectivity index (χ2v) is 7.33. The van der Waals surface area contributed by atoms with Crippen LogP contribution in [0.4, 0.5) is 5.82 Å². The molecule has 136 valence electrons. The standard InChI is InChI=1S/C19H30N6/c1-5-16-10-20-15(4)22-19(16)21-11-17-9-18-13-24(12-14(2)3)7-6-8-25(18)23-17/h9-10,14H,5-8,11-13H2,1-4H3,(H,20,21,22). The minimum atomic E-state index is 0.698. The molecular weight excluding hydrogens is 312 g/mol. The molecule has 0 spiro atoms. The molecule has 25 heavy (non-hydrogen) atoms. The van der Waals surface area contributed by atoms with Crippen molar-refractivity contribution >= 4 is 5.82 Å². The molecule has 0 radical (unpaired) electrons. The second-order valence-electron chi connectivity index (χ2n) is 7.33. The molecule has 0 aromatic carbocycles. The topological polar surface area (TPSA) is 58.9 Å². The fourth-order valence-corrected chi connectivity index (χ4v) is 3.43. The van der Waals surface area contributed by atoms with E-state index in [1.54, 1.807) is 0 Å². The Labute approximate surface area is 150 Å². The lowest BCUT2D eigenvalue weighted by atomic mass is 10.2. The third kappa shape index (κ3) is 4.57. The molecule has 0 unspecified atom stereocenters. The van der Waals surface area contributed by atoms with Crippen molar-refractivity contribution in [2.45, 2.75) is 60.2 Å². The van der Waals surface area contributed by atoms with E-state index in [0.717, 1.165) is 55.5 Å². The number of hydrogen-bond acceptors (Lipinski definition) is 5. The van der Waals surface area contributed by atoms with Gasteiger partial charge in [-0.1, -0.05) is 20.8 Å². The quantitative estimate of drug-likeness (QED) is 0.874. The zero-order valence-electron chi connectivity index (χ0n) is 15.9. The summed E-state index contributed by atoms with van der Waals surface area (Å²) < 4.78 is 2.18. The Balaban J connectivity index is 1.68. The number of rotatable bonds is 6. The van der Waals surface area contributed by atoms with Gasteiger partial charge in [0.15, 0.2) is 0 Å². The van der Waals surface area contributed by atoms with Gasteiger partial charge in [0.2, 0.25) is 0 Å². The van der Waals surface area contributed by atoms with Crippen LogP contribution in [0.1, 0.15) is 50.0 Å². The van der Waals surface area contributed by atoms with E-state index in [9.17, 15) is 0 Å². The predicted octanol–water partition coefficient (Wildman–Crippen LogP) is 3.02. The van der Waals surface area contributed by atoms with Crippen LogP contribution in [0.3, 0.4) is 0 Å². The zero-order valence-corrected chi connectivity index (χ0v) is 15.9. The maximum Gasteiger partial charge on any atom is 0.133 e. The Hall–Kier alpha value is -1.95. The molecule has 1 aliphatic heterocycles. The summed E-state index contributed by atoms with van der Waals surface area (Å²) in [5, 5.41) is 8.25. The number of hydrogen-bond donors (Lipinski definition) is 1. The summed E-state index contributed by atoms with van der Waals surface area (Å²) >= 11 is 0. The van der Waals surface area contributed by atoms with Crippen LogP contribution in [-0.2, 0) is 26.1 Å². The number of fused-ring (bicyclic) bond motifs is 1. The highest BCUT2D eigenvalue weighted by molar-refractivity contribution is 5.43. The maximum atomic E-state index is 4.80. The SMILES string of the molecule is CCc1cnc(C)nc1NCc1cc2n(n1)CCCN(CC(C)C)C2. The van der Waals surface area contributed by atoms with Gasteiger partial charge in [-0.2, -0.15) is 5.10 Å². The highest BCUT2D eigenvalue weighted by Crippen LogP contribution is 2.17. The molecule has 0 fully saturated rings. The van der Waals surface area contributed by atoms with E-state index in [0.29, 0.717) is 12.5 Å². The Morgan fingerprint density at radius 1 is 1.28 bits per heavy atom. The fraction of sp³-hybridized carbons (Fsp3) is 0.632. The Morgan fingerprint density at radius 3 is 2.88 bits per heavy atom. The first kappa shape index (κ1) is 17.9. The summed E-state index contributed by atoms with van der Waals surface area (Å²) in [4.78, 5) is 11.4. The monoisotopic (exact) mass is 342 g/mol. The van der Waals surface area contributed by atoms with Gasteiger partial charge in [0.1, 0.15) is 11.6 Å². The van der Waals surface area contributed by atoms with Gasteiger partial charge in [-0.05, 0) is 31.7 Å². The number of nitrogens with zero attached hydrogens (tertiary/aromatic N) is 5. The van der Waals surface area contributed by atoms with Gasteiger partial charge < -0.3 is 5.32 Å². The maximum absolute atomic E-state index is 4.80. The van der Waals surface area contributed by atoms with Crippen LogP contribution >= 0.6 is 0 Å². The molecule has 0 saturated carbocycles. The summed E-state index contributed by atoms with van der Waals surface area (Å²) in [6.07, 6.45) is 4.00. The first-order valence-electron chi connectivity index (χ1n) is 9.39. The lowest BCUT2D eigenvalue weighted by Crippen LogP contribution is -2.27. The molecule has 6 nitrogen and oxygen atoms in total. The van der Waals surface area contributed by atoms with Crippen molar-refractivity contribution in [1.29, 1.82) is 0 Å². The van der Waals surface area contributed by atoms with Gasteiger partial charge in [-0.25, -0.2) is 9.97 Å². The average Bonchev–Trinajstić information content (AvgIpc) is 2.85. The van der Waals surface area contributed by atoms with Crippen molar-refractivity contribution in [3.05, 3.63) is 35.0 Å². The number of nitrogens with one attached hydrogen (secondary N) is 1. The van der Waals surface area contributed by atoms with E-state index < -0.39 is 0 Å². The van der Waals surface area contributed by atoms with E-state index >= 15 is 0 Å². The second kappa shape index (κ2) is 7.95. The Bertz CT molecular complexity index is 706. The van der Waals surface area contributed by atoms with Gasteiger partial charge in [0, 0.05) is 37.9 Å². The molecule has 0 saturated heterocycles. The zero-order chi connectivity index (χ0) is 17.8. The van der Waals surface area contributed by atoms with Crippen LogP contribution in [0.5, 0.6) is 0 Å². The summed E-state index contributed by atoms with van der Waals surface area (Å²) in [5.74, 6) is 2.42. The third-order valence-corrected chi connectivity index (χ3v) is 4.57. The normalized spacial score (nSPS) is 15.2. The number of anilines is 1. The predicted molar refractivity (Wildman–Crippen MR) is 100 cm³/mol. The van der Waals surface area contributed by atoms with Gasteiger partial charge >= 0.3 is 0 Å². The lowest BCUT2D eigenvalue weighted by molar-refractivity contribution is 0.239. The molecule has 3 rings (SSSR count). The van der Waals surface area contributed by atoms with Crippen LogP contribution in [0.25, 0.3) is 0 Å². The molecular formula is C19H30N6. The molecule has 0 bridgehead atoms. The number of aryl methyl sites for hydroxylation is 3. The first-order chi connectivity index (χ1) is 12.0. The molecule has 1 aliphatic rings. The van der Waals surface area contributed by atoms with Crippen LogP contribution in [0, 0.1) is 12.8 Å². The minimum Gasteiger partial charge on any atom is -0.364 e. The molecule has 6 heteroatoms. The molecule has 0 aliphatic carbocycles. The van der Waals surface area contributed by atoms with Crippen molar-refractivity contribution in [2.24, 2.45) is 5.92 Å². The van der Waals surface area contributed by atoms with Crippen molar-refractivity contribution in [2.75, 3.05) is 18.4 Å². The lowest BCUT2D eigenvalue weighted by Gasteiger charge is -2.21. The van der Waals surface area contributed by atoms with Crippen LogP contribution in [0.2, 0.25) is 0 Å². The molecule has 0 atom stereocenters. The van der Waals surface area contributed by atoms with Gasteiger partial charge in [-0.15, -0.1) is 0 Å². The minimum absolute atomic E-state index is 0.698. The molecule has 0 amide bonds. The molecule has 1 N–H and O–H groups in total. The smallest absolute Gasteiger partial charge is 0.133 e. The fourth-order valence-electron chi connectivity index (χ4n) is 3.43. The van der Waals surface area contributed by atoms with Crippen LogP contribution < -0.4 is 5.32 Å². The van der Waals surface area contributed by atoms with Gasteiger partial charge in [0.25, 0.3) is 0 Å². The van der Waals surface area contributed by atoms with Crippen LogP contribution in [0.15, 0.2) is 12.3 Å². The van der Waals surface area contributed by atoms with E-state index in [1.165, 1.54) is 12.1 Å². The molecule has 2 aromatic rings. The average molecular weight is 342 g/mol. The Morgan fingerprint density at radius 2 is 2.12 bits per heavy atom. The van der Waals surface area contributed by atoms with E-state index in [-0.39, 0.29) is 0 Å². The summed E-state index contributed by atoms with van der Waals surface area (Å²) in [6.45, 7) is 13.6. The van der Waals surface area contributed by atoms with Crippen LogP contribution in [-0.4, -0.2) is 37.7 Å². The highest BCUT2D eigenvalue weighted by atomic mass is 15.3. The third-order valence-electron chi connectivity index (χ3n) is 4.57. The summed E-state index contributed by atoms with van der Waals surface area (Å²) in [6, 6.07) is 2.24. The van der Waals surface area contributed by atoms with Crippen molar-refractivity contribution in [3.63, 3.8) is 0 Å². The largest absolute Gasteiger partial charge is 0.364 e. The van der Waals surface area contributed by atoms with Crippen molar-refractivity contribution in [1.82, 2.24) is 24.6 Å². The van der Waals surface area contributed by atoms with E-state index in [1.807, 2.05) is 13.1 Å². The van der Waals surface area contributed by atoms with Gasteiger partial charge in [-0.3, -0.25) is 9.58 Å². The van der Waals surface area contributed by atoms with Crippen molar-refractivity contribution in [3.8, 4) is 0 Å². The first-order valence-corrected chi connectivity index (χ1v) is 9.39. The summed E-state index contributed by atoms with van der Waals surface area (Å²) in [5.41, 5.74) is 3.55. The summed E-state index contributed by atoms with van der Waals surface area (Å²) in [7, 11) is 0. The highest BCUT2D eigenvalue weighted by Gasteiger charge is 2.17. The van der Waals surface area contributed by atoms with E-state index in [2.05, 4.69) is 51.7 Å². The number of aromatic nitrogens is 4. The molecule has 3 heterocycles. The molecule has 2 aromatic heterocycles.